The van der Waals surface area contributed by atoms with Crippen molar-refractivity contribution in [1.29, 1.82) is 0 Å². The van der Waals surface area contributed by atoms with Crippen molar-refractivity contribution < 1.29 is 57.1 Å². The van der Waals surface area contributed by atoms with Crippen LogP contribution in [0.25, 0.3) is 109 Å². The molecule has 0 bridgehead atoms. The highest BCUT2D eigenvalue weighted by Gasteiger charge is 2.35. The van der Waals surface area contributed by atoms with Crippen LogP contribution in [0.4, 0.5) is 125 Å². The Morgan fingerprint density at radius 1 is 0.201 bits per heavy atom. The van der Waals surface area contributed by atoms with Gasteiger partial charge in [-0.15, -0.1) is 0 Å². The molecular weight excluding hydrogens is 1830 g/mol. The fraction of sp³-hybridized carbons (Fsp3) is 0.119. The van der Waals surface area contributed by atoms with Crippen LogP contribution in [0.3, 0.4) is 0 Å². The van der Waals surface area contributed by atoms with Crippen molar-refractivity contribution >= 4 is 186 Å². The van der Waals surface area contributed by atoms with E-state index in [0.29, 0.717) is 51.1 Å². The summed E-state index contributed by atoms with van der Waals surface area (Å²) in [5, 5.41) is 14.6. The Morgan fingerprint density at radius 2 is 0.432 bits per heavy atom. The third-order valence-corrected chi connectivity index (χ3v) is 34.8. The van der Waals surface area contributed by atoms with Gasteiger partial charge in [-0.25, -0.2) is 43.9 Å². The molecule has 20 aromatic carbocycles. The number of benzene rings is 20. The smallest absolute Gasteiger partial charge is 0.307 e. The van der Waals surface area contributed by atoms with E-state index in [4.69, 9.17) is 0 Å². The molecule has 0 aliphatic carbocycles. The van der Waals surface area contributed by atoms with Crippen molar-refractivity contribution in [2.75, 3.05) is 19.6 Å². The minimum absolute atomic E-state index is 0.00137. The number of anilines is 12. The number of rotatable bonds is 20. The lowest BCUT2D eigenvalue weighted by Crippen LogP contribution is -2.37. The van der Waals surface area contributed by atoms with Gasteiger partial charge in [-0.3, -0.25) is 0 Å². The van der Waals surface area contributed by atoms with Crippen LogP contribution < -0.4 is 40.3 Å². The Bertz CT molecular complexity index is 7920. The summed E-state index contributed by atoms with van der Waals surface area (Å²) in [7, 11) is -7.08. The summed E-state index contributed by atoms with van der Waals surface area (Å²) in [4.78, 5) is 7.08. The average Bonchev–Trinajstić information content (AvgIpc) is 0.718. The maximum atomic E-state index is 16.7. The van der Waals surface area contributed by atoms with E-state index in [2.05, 4.69) is 90.7 Å². The molecule has 21 heteroatoms. The van der Waals surface area contributed by atoms with Crippen LogP contribution in [0.2, 0.25) is 78.6 Å². The quantitative estimate of drug-likeness (QED) is 0.0428. The third kappa shape index (κ3) is 17.7. The van der Waals surface area contributed by atoms with Gasteiger partial charge >= 0.3 is 6.18 Å². The largest absolute Gasteiger partial charge is 0.416 e. The molecule has 0 aliphatic heterocycles. The SMILES string of the molecule is C[Si](C)(C)c1ccc(N(c2cc(-c3ccccc3F)c(F)cc2F)c2ccc3ccc4c(N(c5ccc([Si](C)(C)C)cc5)c5cc(-c6ccccc6F)c(F)cc5F)ccc5ccc2c3c54)cc1.Cc1ccc(-c2cc(N(c3ccc([Si](C)(C)C)cc3)c3ccc4ccc5c(N(c6ccc([Si](C)(C)C)cc6)c6cc(-c7ccc(C(F)(F)F)cc7)c(F)cc6F)ccc6ccc3c4c65)c(F)cc2F)cc1. The van der Waals surface area contributed by atoms with Gasteiger partial charge in [-0.05, 0) is 182 Å². The lowest BCUT2D eigenvalue weighted by Gasteiger charge is -2.30. The van der Waals surface area contributed by atoms with E-state index in [1.54, 1.807) is 32.9 Å². The maximum Gasteiger partial charge on any atom is 0.416 e. The minimum Gasteiger partial charge on any atom is -0.307 e. The van der Waals surface area contributed by atoms with Gasteiger partial charge in [0.1, 0.15) is 58.2 Å². The molecule has 20 aromatic rings. The first kappa shape index (κ1) is 93.6. The Hall–Kier alpha value is -14.4. The topological polar surface area (TPSA) is 13.0 Å². The highest BCUT2D eigenvalue weighted by molar-refractivity contribution is 6.90. The van der Waals surface area contributed by atoms with Gasteiger partial charge in [0.05, 0.1) is 83.4 Å². The van der Waals surface area contributed by atoms with Crippen LogP contribution in [0.5, 0.6) is 0 Å². The molecule has 4 nitrogen and oxygen atoms in total. The summed E-state index contributed by atoms with van der Waals surface area (Å²) in [6.45, 7) is 28.8. The molecule has 0 spiro atoms. The van der Waals surface area contributed by atoms with Crippen LogP contribution in [0.1, 0.15) is 11.1 Å². The molecule has 0 aromatic heterocycles. The van der Waals surface area contributed by atoms with Crippen molar-refractivity contribution in [3.63, 3.8) is 0 Å². The molecular formula is C118H95F13N4Si4. The zero-order chi connectivity index (χ0) is 98.1. The number of hydrogen-bond donors (Lipinski definition) is 0. The Labute approximate surface area is 802 Å². The molecule has 0 N–H and O–H groups in total. The Kier molecular flexibility index (Phi) is 24.2. The van der Waals surface area contributed by atoms with Crippen LogP contribution in [-0.4, -0.2) is 32.3 Å². The number of alkyl halides is 3. The van der Waals surface area contributed by atoms with E-state index >= 15 is 43.9 Å². The fourth-order valence-electron chi connectivity index (χ4n) is 19.0. The molecule has 20 rings (SSSR count). The molecule has 0 saturated heterocycles. The number of halogens is 13. The summed E-state index contributed by atoms with van der Waals surface area (Å²) in [6, 6.07) is 95.6. The first-order chi connectivity index (χ1) is 66.1. The van der Waals surface area contributed by atoms with Gasteiger partial charge in [0, 0.05) is 102 Å². The highest BCUT2D eigenvalue weighted by atomic mass is 28.3. The summed E-state index contributed by atoms with van der Waals surface area (Å²) in [5.41, 5.74) is 5.91. The van der Waals surface area contributed by atoms with E-state index in [0.717, 1.165) is 112 Å². The van der Waals surface area contributed by atoms with Crippen molar-refractivity contribution in [2.45, 2.75) is 91.7 Å². The zero-order valence-corrected chi connectivity index (χ0v) is 82.5. The molecule has 0 amide bonds. The predicted octanol–water partition coefficient (Wildman–Crippen LogP) is 34.6. The first-order valence-corrected chi connectivity index (χ1v) is 59.9. The minimum atomic E-state index is -4.60. The summed E-state index contributed by atoms with van der Waals surface area (Å²) in [5.74, 6) is -7.97. The monoisotopic (exact) mass is 1930 g/mol. The zero-order valence-electron chi connectivity index (χ0n) is 78.5. The van der Waals surface area contributed by atoms with Crippen LogP contribution in [0.15, 0.2) is 340 Å². The fourth-order valence-corrected chi connectivity index (χ4v) is 23.7. The van der Waals surface area contributed by atoms with Crippen LogP contribution in [0, 0.1) is 65.1 Å². The van der Waals surface area contributed by atoms with Crippen molar-refractivity contribution in [1.82, 2.24) is 0 Å². The molecule has 0 unspecified atom stereocenters. The maximum absolute atomic E-state index is 16.7. The summed E-state index contributed by atoms with van der Waals surface area (Å²) in [6.07, 6.45) is -4.60. The van der Waals surface area contributed by atoms with E-state index in [1.165, 1.54) is 82.3 Å². The van der Waals surface area contributed by atoms with Crippen molar-refractivity contribution in [3.05, 3.63) is 409 Å². The molecule has 0 fully saturated rings. The Morgan fingerprint density at radius 3 is 0.676 bits per heavy atom. The molecule has 0 saturated carbocycles. The van der Waals surface area contributed by atoms with E-state index < -0.39 is 102 Å². The second kappa shape index (κ2) is 35.9. The van der Waals surface area contributed by atoms with E-state index in [1.807, 2.05) is 218 Å². The van der Waals surface area contributed by atoms with E-state index in [9.17, 15) is 13.2 Å². The molecule has 0 radical (unpaired) electrons. The second-order valence-electron chi connectivity index (χ2n) is 39.7. The number of nitrogens with zero attached hydrogens (tertiary/aromatic N) is 4. The molecule has 139 heavy (non-hydrogen) atoms. The molecule has 0 heterocycles. The normalized spacial score (nSPS) is 12.2. The van der Waals surface area contributed by atoms with Crippen LogP contribution >= 0.6 is 0 Å². The number of hydrogen-bond acceptors (Lipinski definition) is 4. The van der Waals surface area contributed by atoms with Crippen molar-refractivity contribution in [2.24, 2.45) is 0 Å². The lowest BCUT2D eigenvalue weighted by molar-refractivity contribution is -0.137. The van der Waals surface area contributed by atoms with Crippen molar-refractivity contribution in [3.8, 4) is 44.5 Å². The summed E-state index contributed by atoms with van der Waals surface area (Å²) >= 11 is 0. The Balaban J connectivity index is 0.000000177. The molecule has 694 valence electrons. The third-order valence-electron chi connectivity index (χ3n) is 26.5. The number of aryl methyl sites for hydroxylation is 1. The van der Waals surface area contributed by atoms with Gasteiger partial charge < -0.3 is 19.6 Å². The molecule has 0 atom stereocenters. The van der Waals surface area contributed by atoms with Gasteiger partial charge in [-0.1, -0.05) is 299 Å². The predicted molar refractivity (Wildman–Crippen MR) is 562 cm³/mol. The summed E-state index contributed by atoms with van der Waals surface area (Å²) < 4.78 is 202. The van der Waals surface area contributed by atoms with Crippen LogP contribution in [-0.2, 0) is 6.18 Å². The van der Waals surface area contributed by atoms with Gasteiger partial charge in [0.25, 0.3) is 0 Å². The first-order valence-electron chi connectivity index (χ1n) is 45.9. The van der Waals surface area contributed by atoms with Gasteiger partial charge in [0.15, 0.2) is 0 Å². The highest BCUT2D eigenvalue weighted by Crippen LogP contribution is 2.54. The van der Waals surface area contributed by atoms with Gasteiger partial charge in [0.2, 0.25) is 0 Å². The lowest BCUT2D eigenvalue weighted by atomic mass is 9.91. The van der Waals surface area contributed by atoms with Gasteiger partial charge in [-0.2, -0.15) is 13.2 Å². The van der Waals surface area contributed by atoms with E-state index in [-0.39, 0.29) is 61.7 Å². The standard InChI is InChI=1S/C60H49F7N2Si2.C58H46F6N2Si2/c1-36-8-10-37(11-9-36)48-32-56(52(63)34-50(48)61)68(42-20-24-44(25-21-42)70(2,3)4)54-30-16-39-15-29-47-55(31-17-40-14-28-46(54)58(39)59(40)47)69(43-22-26-45(27-23-43)71(5,6)7)57-33-49(51(62)35-53(57)64)38-12-18-41(19-13-38)60(65,66)67;1-67(2,3)39-23-19-37(20-24-39)65(55-31-45(49(61)33-51(55)63)41-11-7-9-13-47(41)59)53-29-17-35-16-28-44-54(30-18-36-15-27-43(53)57(35)58(36)44)66(38-21-25-40(26-22-38)68(4,5)6)56-32-46(50(62)34-52(56)64)42-12-8-10-14-48(42)60/h8-35H,1-7H3;7-34H,1-6H3. The molecule has 0 aliphatic rings. The average molecular weight is 1930 g/mol. The second-order valence-corrected chi connectivity index (χ2v) is 60.1.